The monoisotopic (exact) mass is 346 g/mol. The Balaban J connectivity index is 2.12. The van der Waals surface area contributed by atoms with Gasteiger partial charge >= 0.3 is 12.4 Å². The third kappa shape index (κ3) is 4.11. The molecule has 1 aromatic heterocycles. The molecule has 0 aliphatic carbocycles. The van der Waals surface area contributed by atoms with Crippen LogP contribution in [0.1, 0.15) is 30.3 Å². The number of nitrogens with two attached hydrogens (primary N) is 1. The van der Waals surface area contributed by atoms with Gasteiger partial charge in [0.15, 0.2) is 17.6 Å². The Morgan fingerprint density at radius 3 is 2.26 bits per heavy atom. The quantitative estimate of drug-likeness (QED) is 0.833. The summed E-state index contributed by atoms with van der Waals surface area (Å²) in [5, 5.41) is 0. The van der Waals surface area contributed by atoms with E-state index in [-0.39, 0.29) is 25.1 Å². The smallest absolute Gasteiger partial charge is 0.368 e. The molecule has 0 spiro atoms. The van der Waals surface area contributed by atoms with E-state index in [9.17, 15) is 30.7 Å². The molecule has 0 amide bonds. The molecular formula is C13H13F7N2O. The molecule has 1 aromatic rings. The van der Waals surface area contributed by atoms with Crippen LogP contribution in [0.5, 0.6) is 0 Å². The number of hydrogen-bond donors (Lipinski definition) is 1. The van der Waals surface area contributed by atoms with Crippen LogP contribution in [0.3, 0.4) is 0 Å². The van der Waals surface area contributed by atoms with Crippen LogP contribution in [-0.4, -0.2) is 23.9 Å². The maximum atomic E-state index is 13.2. The van der Waals surface area contributed by atoms with E-state index in [0.29, 0.717) is 6.07 Å². The van der Waals surface area contributed by atoms with E-state index in [1.54, 1.807) is 0 Å². The molecule has 130 valence electrons. The molecule has 1 unspecified atom stereocenters. The van der Waals surface area contributed by atoms with Crippen molar-refractivity contribution in [2.45, 2.75) is 37.3 Å². The van der Waals surface area contributed by atoms with Crippen LogP contribution in [0.25, 0.3) is 0 Å². The fraction of sp³-hybridized carbons (Fsp3) is 0.615. The summed E-state index contributed by atoms with van der Waals surface area (Å²) in [4.78, 5) is 3.18. The second kappa shape index (κ2) is 6.23. The van der Waals surface area contributed by atoms with Gasteiger partial charge in [-0.3, -0.25) is 0 Å². The highest BCUT2D eigenvalue weighted by molar-refractivity contribution is 5.19. The first-order chi connectivity index (χ1) is 10.5. The molecule has 10 heteroatoms. The Morgan fingerprint density at radius 1 is 1.13 bits per heavy atom. The molecule has 2 heterocycles. The van der Waals surface area contributed by atoms with E-state index in [2.05, 4.69) is 9.72 Å². The van der Waals surface area contributed by atoms with E-state index in [1.807, 2.05) is 0 Å². The number of nitrogens with zero attached hydrogens (tertiary/aromatic N) is 1. The fourth-order valence-corrected chi connectivity index (χ4v) is 2.40. The lowest BCUT2D eigenvalue weighted by Gasteiger charge is -2.33. The molecule has 23 heavy (non-hydrogen) atoms. The molecule has 0 bridgehead atoms. The molecule has 1 aliphatic rings. The highest BCUT2D eigenvalue weighted by atomic mass is 19.4. The van der Waals surface area contributed by atoms with Gasteiger partial charge in [0, 0.05) is 5.92 Å². The normalized spacial score (nSPS) is 24.5. The van der Waals surface area contributed by atoms with Crippen molar-refractivity contribution in [3.63, 3.8) is 0 Å². The van der Waals surface area contributed by atoms with E-state index in [0.717, 1.165) is 6.07 Å². The van der Waals surface area contributed by atoms with Crippen LogP contribution < -0.4 is 5.73 Å². The molecule has 0 aromatic carbocycles. The zero-order valence-electron chi connectivity index (χ0n) is 11.6. The Kier molecular flexibility index (Phi) is 4.86. The summed E-state index contributed by atoms with van der Waals surface area (Å²) in [7, 11) is 0. The lowest BCUT2D eigenvalue weighted by molar-refractivity contribution is -0.236. The van der Waals surface area contributed by atoms with E-state index < -0.39 is 41.9 Å². The summed E-state index contributed by atoms with van der Waals surface area (Å²) < 4.78 is 93.2. The zero-order valence-corrected chi connectivity index (χ0v) is 11.6. The van der Waals surface area contributed by atoms with Crippen LogP contribution in [0, 0.1) is 11.7 Å². The maximum Gasteiger partial charge on any atom is 0.436 e. The Bertz CT molecular complexity index is 550. The van der Waals surface area contributed by atoms with Crippen molar-refractivity contribution in [2.75, 3.05) is 6.61 Å². The summed E-state index contributed by atoms with van der Waals surface area (Å²) in [5.41, 5.74) is 3.84. The largest absolute Gasteiger partial charge is 0.436 e. The molecule has 1 aliphatic heterocycles. The van der Waals surface area contributed by atoms with Crippen molar-refractivity contribution in [3.8, 4) is 0 Å². The molecule has 0 saturated carbocycles. The summed E-state index contributed by atoms with van der Waals surface area (Å²) >= 11 is 0. The van der Waals surface area contributed by atoms with Crippen molar-refractivity contribution in [1.29, 1.82) is 0 Å². The average Bonchev–Trinajstić information content (AvgIpc) is 2.45. The molecule has 3 nitrogen and oxygen atoms in total. The van der Waals surface area contributed by atoms with Crippen LogP contribution in [0.4, 0.5) is 30.7 Å². The van der Waals surface area contributed by atoms with Crippen LogP contribution in [0.2, 0.25) is 0 Å². The van der Waals surface area contributed by atoms with Crippen molar-refractivity contribution >= 4 is 0 Å². The lowest BCUT2D eigenvalue weighted by Crippen LogP contribution is -2.40. The second-order valence-electron chi connectivity index (χ2n) is 5.29. The third-order valence-electron chi connectivity index (χ3n) is 3.66. The van der Waals surface area contributed by atoms with Crippen LogP contribution in [0.15, 0.2) is 12.1 Å². The molecule has 1 saturated heterocycles. The van der Waals surface area contributed by atoms with Gasteiger partial charge in [-0.25, -0.2) is 9.37 Å². The van der Waals surface area contributed by atoms with Gasteiger partial charge in [0.2, 0.25) is 0 Å². The number of halogens is 7. The lowest BCUT2D eigenvalue weighted by atomic mass is 9.89. The fourth-order valence-electron chi connectivity index (χ4n) is 2.40. The topological polar surface area (TPSA) is 48.1 Å². The number of hydrogen-bond acceptors (Lipinski definition) is 3. The minimum absolute atomic E-state index is 0.0196. The summed E-state index contributed by atoms with van der Waals surface area (Å²) in [6, 6.07) is 0.504. The SMILES string of the molecule is NC(c1ccc(F)c(C(F)(F)F)n1)[C@H]1CC[C@H](C(F)(F)F)OC1. The number of pyridine rings is 1. The first-order valence-corrected chi connectivity index (χ1v) is 6.67. The Hall–Kier alpha value is -1.42. The second-order valence-corrected chi connectivity index (χ2v) is 5.29. The minimum atomic E-state index is -4.98. The third-order valence-corrected chi connectivity index (χ3v) is 3.66. The Morgan fingerprint density at radius 2 is 1.78 bits per heavy atom. The van der Waals surface area contributed by atoms with Crippen molar-refractivity contribution in [2.24, 2.45) is 11.7 Å². The first kappa shape index (κ1) is 17.9. The summed E-state index contributed by atoms with van der Waals surface area (Å²) in [6.07, 6.45) is -11.7. The van der Waals surface area contributed by atoms with Gasteiger partial charge < -0.3 is 10.5 Å². The van der Waals surface area contributed by atoms with Gasteiger partial charge in [-0.05, 0) is 25.0 Å². The molecule has 0 radical (unpaired) electrons. The molecule has 2 rings (SSSR count). The van der Waals surface area contributed by atoms with E-state index in [1.165, 1.54) is 0 Å². The zero-order chi connectivity index (χ0) is 17.4. The minimum Gasteiger partial charge on any atom is -0.368 e. The van der Waals surface area contributed by atoms with Gasteiger partial charge in [0.1, 0.15) is 0 Å². The highest BCUT2D eigenvalue weighted by Crippen LogP contribution is 2.36. The van der Waals surface area contributed by atoms with Gasteiger partial charge in [0.05, 0.1) is 18.3 Å². The maximum absolute atomic E-state index is 13.2. The highest BCUT2D eigenvalue weighted by Gasteiger charge is 2.44. The average molecular weight is 346 g/mol. The summed E-state index contributed by atoms with van der Waals surface area (Å²) in [5.74, 6) is -2.17. The summed E-state index contributed by atoms with van der Waals surface area (Å²) in [6.45, 7) is -0.355. The molecular weight excluding hydrogens is 333 g/mol. The Labute approximate surface area is 126 Å². The molecule has 3 atom stereocenters. The van der Waals surface area contributed by atoms with Crippen molar-refractivity contribution in [3.05, 3.63) is 29.3 Å². The standard InChI is InChI=1S/C13H13F7N2O/c14-7-2-3-8(22-11(7)13(18,19)20)10(21)6-1-4-9(23-5-6)12(15,16)17/h2-3,6,9-10H,1,4-5,21H2/t6-,9+,10?/m0/s1. The number of aromatic nitrogens is 1. The van der Waals surface area contributed by atoms with Crippen LogP contribution in [-0.2, 0) is 10.9 Å². The van der Waals surface area contributed by atoms with E-state index >= 15 is 0 Å². The number of ether oxygens (including phenoxy) is 1. The van der Waals surface area contributed by atoms with Gasteiger partial charge in [0.25, 0.3) is 0 Å². The number of rotatable bonds is 2. The molecule has 2 N–H and O–H groups in total. The van der Waals surface area contributed by atoms with Gasteiger partial charge in [-0.15, -0.1) is 0 Å². The van der Waals surface area contributed by atoms with Crippen LogP contribution >= 0.6 is 0 Å². The van der Waals surface area contributed by atoms with E-state index in [4.69, 9.17) is 5.73 Å². The number of alkyl halides is 6. The predicted octanol–water partition coefficient (Wildman–Crippen LogP) is 3.60. The van der Waals surface area contributed by atoms with Gasteiger partial charge in [-0.1, -0.05) is 0 Å². The molecule has 1 fully saturated rings. The van der Waals surface area contributed by atoms with Crippen molar-refractivity contribution < 1.29 is 35.5 Å². The van der Waals surface area contributed by atoms with Gasteiger partial charge in [-0.2, -0.15) is 26.3 Å². The first-order valence-electron chi connectivity index (χ1n) is 6.67. The predicted molar refractivity (Wildman–Crippen MR) is 64.6 cm³/mol. The van der Waals surface area contributed by atoms with Crippen molar-refractivity contribution in [1.82, 2.24) is 4.98 Å².